The van der Waals surface area contributed by atoms with Crippen LogP contribution in [0.1, 0.15) is 26.2 Å². The Labute approximate surface area is 81.6 Å². The molecule has 4 heteroatoms. The molecule has 1 aliphatic rings. The summed E-state index contributed by atoms with van der Waals surface area (Å²) in [4.78, 5) is 9.59. The lowest BCUT2D eigenvalue weighted by molar-refractivity contribution is -0.137. The number of hydrogen-bond donors (Lipinski definition) is 0. The highest BCUT2D eigenvalue weighted by Gasteiger charge is 2.07. The van der Waals surface area contributed by atoms with Crippen LogP contribution in [0.5, 0.6) is 0 Å². The Balaban J connectivity index is 0.000000217. The molecule has 1 fully saturated rings. The largest absolute Gasteiger partial charge is 0.469 e. The van der Waals surface area contributed by atoms with Gasteiger partial charge in [-0.15, -0.1) is 0 Å². The van der Waals surface area contributed by atoms with Crippen LogP contribution >= 0.6 is 15.9 Å². The Kier molecular flexibility index (Phi) is 7.50. The molecule has 0 aliphatic carbocycles. The zero-order valence-electron chi connectivity index (χ0n) is 7.51. The average molecular weight is 239 g/mol. The van der Waals surface area contributed by atoms with Crippen molar-refractivity contribution in [3.8, 4) is 0 Å². The van der Waals surface area contributed by atoms with Gasteiger partial charge < -0.3 is 9.47 Å². The van der Waals surface area contributed by atoms with Gasteiger partial charge in [-0.2, -0.15) is 0 Å². The molecule has 0 N–H and O–H groups in total. The minimum absolute atomic E-state index is 0.245. The molecule has 0 aromatic carbocycles. The van der Waals surface area contributed by atoms with E-state index in [-0.39, 0.29) is 5.97 Å². The fourth-order valence-corrected chi connectivity index (χ4v) is 1.21. The van der Waals surface area contributed by atoms with Crippen LogP contribution in [0.2, 0.25) is 0 Å². The topological polar surface area (TPSA) is 35.5 Å². The molecule has 12 heavy (non-hydrogen) atoms. The number of carbonyl (C=O) groups is 1. The lowest BCUT2D eigenvalue weighted by Crippen LogP contribution is -2.11. The summed E-state index contributed by atoms with van der Waals surface area (Å²) in [5, 5.41) is 0.348. The molecule has 1 unspecified atom stereocenters. The number of methoxy groups -OCH3 is 1. The molecule has 0 spiro atoms. The van der Waals surface area contributed by atoms with E-state index >= 15 is 0 Å². The lowest BCUT2D eigenvalue weighted by Gasteiger charge is -2.15. The van der Waals surface area contributed by atoms with Crippen molar-refractivity contribution in [1.82, 2.24) is 0 Å². The summed E-state index contributed by atoms with van der Waals surface area (Å²) < 4.78 is 9.31. The van der Waals surface area contributed by atoms with Crippen LogP contribution < -0.4 is 0 Å². The van der Waals surface area contributed by atoms with E-state index in [0.29, 0.717) is 5.01 Å². The molecule has 0 bridgehead atoms. The Morgan fingerprint density at radius 1 is 1.58 bits per heavy atom. The second-order valence-corrected chi connectivity index (χ2v) is 3.49. The van der Waals surface area contributed by atoms with Gasteiger partial charge in [0.25, 0.3) is 0 Å². The number of hydrogen-bond acceptors (Lipinski definition) is 3. The van der Waals surface area contributed by atoms with Gasteiger partial charge in [0.15, 0.2) is 0 Å². The normalized spacial score (nSPS) is 22.1. The zero-order chi connectivity index (χ0) is 9.40. The van der Waals surface area contributed by atoms with Gasteiger partial charge in [-0.3, -0.25) is 4.79 Å². The zero-order valence-corrected chi connectivity index (χ0v) is 9.09. The molecule has 0 aromatic heterocycles. The van der Waals surface area contributed by atoms with E-state index in [1.807, 2.05) is 0 Å². The second kappa shape index (κ2) is 7.55. The number of ether oxygens (including phenoxy) is 2. The van der Waals surface area contributed by atoms with Gasteiger partial charge in [0.05, 0.1) is 7.11 Å². The second-order valence-electron chi connectivity index (χ2n) is 2.47. The van der Waals surface area contributed by atoms with Crippen molar-refractivity contribution in [2.75, 3.05) is 13.7 Å². The van der Waals surface area contributed by atoms with Crippen LogP contribution in [0.25, 0.3) is 0 Å². The van der Waals surface area contributed by atoms with Crippen LogP contribution in [0.3, 0.4) is 0 Å². The Hall–Kier alpha value is -0.0900. The van der Waals surface area contributed by atoms with Crippen molar-refractivity contribution in [3.63, 3.8) is 0 Å². The van der Waals surface area contributed by atoms with Crippen LogP contribution in [0, 0.1) is 0 Å². The van der Waals surface area contributed by atoms with Crippen LogP contribution in [-0.2, 0) is 14.3 Å². The maximum atomic E-state index is 9.59. The standard InChI is InChI=1S/C5H9BrO.C3H6O2/c6-5-3-1-2-4-7-5;1-3(4)5-2/h5H,1-4H2;1-2H3. The third kappa shape index (κ3) is 8.01. The summed E-state index contributed by atoms with van der Waals surface area (Å²) in [6.45, 7) is 2.30. The number of halogens is 1. The molecule has 1 saturated heterocycles. The minimum atomic E-state index is -0.245. The first-order chi connectivity index (χ1) is 5.66. The predicted octanol–water partition coefficient (Wildman–Crippen LogP) is 2.09. The van der Waals surface area contributed by atoms with Crippen molar-refractivity contribution in [2.45, 2.75) is 31.2 Å². The third-order valence-corrected chi connectivity index (χ3v) is 2.13. The molecule has 1 aliphatic heterocycles. The van der Waals surface area contributed by atoms with Gasteiger partial charge in [-0.1, -0.05) is 15.9 Å². The molecule has 0 radical (unpaired) electrons. The molecule has 0 aromatic rings. The maximum Gasteiger partial charge on any atom is 0.302 e. The fourth-order valence-electron chi connectivity index (χ4n) is 0.701. The smallest absolute Gasteiger partial charge is 0.302 e. The molecular weight excluding hydrogens is 224 g/mol. The summed E-state index contributed by atoms with van der Waals surface area (Å²) in [6.07, 6.45) is 3.73. The van der Waals surface area contributed by atoms with Crippen molar-refractivity contribution in [2.24, 2.45) is 0 Å². The summed E-state index contributed by atoms with van der Waals surface area (Å²) in [6, 6.07) is 0. The van der Waals surface area contributed by atoms with Gasteiger partial charge in [0.1, 0.15) is 5.01 Å². The van der Waals surface area contributed by atoms with Crippen molar-refractivity contribution < 1.29 is 14.3 Å². The van der Waals surface area contributed by atoms with E-state index in [1.54, 1.807) is 0 Å². The molecule has 1 atom stereocenters. The Morgan fingerprint density at radius 3 is 2.33 bits per heavy atom. The Morgan fingerprint density at radius 2 is 2.17 bits per heavy atom. The van der Waals surface area contributed by atoms with Gasteiger partial charge in [0.2, 0.25) is 0 Å². The highest BCUT2D eigenvalue weighted by molar-refractivity contribution is 9.09. The highest BCUT2D eigenvalue weighted by atomic mass is 79.9. The highest BCUT2D eigenvalue weighted by Crippen LogP contribution is 2.16. The van der Waals surface area contributed by atoms with Crippen LogP contribution in [-0.4, -0.2) is 24.7 Å². The van der Waals surface area contributed by atoms with Gasteiger partial charge >= 0.3 is 5.97 Å². The fraction of sp³-hybridized carbons (Fsp3) is 0.875. The molecule has 0 saturated carbocycles. The number of rotatable bonds is 0. The van der Waals surface area contributed by atoms with E-state index < -0.39 is 0 Å². The van der Waals surface area contributed by atoms with Gasteiger partial charge in [0, 0.05) is 13.5 Å². The molecular formula is C8H15BrO3. The van der Waals surface area contributed by atoms with E-state index in [1.165, 1.54) is 33.3 Å². The summed E-state index contributed by atoms with van der Waals surface area (Å²) in [5.74, 6) is -0.245. The molecule has 0 amide bonds. The summed E-state index contributed by atoms with van der Waals surface area (Å²) in [7, 11) is 1.35. The molecule has 72 valence electrons. The first-order valence-corrected chi connectivity index (χ1v) is 4.88. The summed E-state index contributed by atoms with van der Waals surface area (Å²) >= 11 is 3.37. The third-order valence-electron chi connectivity index (χ3n) is 1.41. The SMILES string of the molecule is BrC1CCCCO1.COC(C)=O. The van der Waals surface area contributed by atoms with Crippen LogP contribution in [0.4, 0.5) is 0 Å². The van der Waals surface area contributed by atoms with Gasteiger partial charge in [-0.25, -0.2) is 0 Å². The summed E-state index contributed by atoms with van der Waals surface area (Å²) in [5.41, 5.74) is 0. The van der Waals surface area contributed by atoms with Crippen molar-refractivity contribution in [1.29, 1.82) is 0 Å². The first-order valence-electron chi connectivity index (χ1n) is 3.97. The molecule has 1 rings (SSSR count). The predicted molar refractivity (Wildman–Crippen MR) is 50.2 cm³/mol. The quantitative estimate of drug-likeness (QED) is 0.479. The van der Waals surface area contributed by atoms with Gasteiger partial charge in [-0.05, 0) is 19.3 Å². The lowest BCUT2D eigenvalue weighted by atomic mass is 10.2. The number of esters is 1. The monoisotopic (exact) mass is 238 g/mol. The molecule has 3 nitrogen and oxygen atoms in total. The van der Waals surface area contributed by atoms with E-state index in [9.17, 15) is 4.79 Å². The van der Waals surface area contributed by atoms with Crippen LogP contribution in [0.15, 0.2) is 0 Å². The number of carbonyl (C=O) groups excluding carboxylic acids is 1. The van der Waals surface area contributed by atoms with E-state index in [0.717, 1.165) is 6.61 Å². The van der Waals surface area contributed by atoms with Crippen molar-refractivity contribution >= 4 is 21.9 Å². The van der Waals surface area contributed by atoms with E-state index in [4.69, 9.17) is 4.74 Å². The Bertz CT molecular complexity index is 121. The maximum absolute atomic E-state index is 9.59. The number of alkyl halides is 1. The van der Waals surface area contributed by atoms with Crippen molar-refractivity contribution in [3.05, 3.63) is 0 Å². The van der Waals surface area contributed by atoms with E-state index in [2.05, 4.69) is 20.7 Å². The first kappa shape index (κ1) is 11.9. The minimum Gasteiger partial charge on any atom is -0.469 e. The molecule has 1 heterocycles. The average Bonchev–Trinajstić information content (AvgIpc) is 2.07.